The van der Waals surface area contributed by atoms with E-state index < -0.39 is 9.84 Å². The fraction of sp³-hybridized carbons (Fsp3) is 0.462. The van der Waals surface area contributed by atoms with E-state index in [1.165, 1.54) is 0 Å². The molecule has 0 bridgehead atoms. The van der Waals surface area contributed by atoms with Crippen LogP contribution in [0.4, 0.5) is 0 Å². The molecule has 0 unspecified atom stereocenters. The van der Waals surface area contributed by atoms with E-state index in [0.29, 0.717) is 13.0 Å². The molecule has 1 amide bonds. The minimum Gasteiger partial charge on any atom is -0.355 e. The van der Waals surface area contributed by atoms with Crippen molar-refractivity contribution in [3.05, 3.63) is 35.9 Å². The number of halogens is 1. The van der Waals surface area contributed by atoms with Crippen molar-refractivity contribution >= 4 is 28.2 Å². The maximum Gasteiger partial charge on any atom is 0.233 e. The molecule has 2 N–H and O–H groups in total. The zero-order valence-electron chi connectivity index (χ0n) is 11.5. The molecule has 0 aliphatic carbocycles. The van der Waals surface area contributed by atoms with Gasteiger partial charge in [0.15, 0.2) is 9.84 Å². The Morgan fingerprint density at radius 2 is 1.85 bits per heavy atom. The average Bonchev–Trinajstić information content (AvgIpc) is 2.36. The Labute approximate surface area is 126 Å². The summed E-state index contributed by atoms with van der Waals surface area (Å²) >= 11 is 0. The third-order valence-electron chi connectivity index (χ3n) is 2.52. The molecular formula is C13H21ClN2O3S. The molecule has 0 aliphatic rings. The maximum absolute atomic E-state index is 11.8. The summed E-state index contributed by atoms with van der Waals surface area (Å²) < 4.78 is 23.7. The first-order valence-electron chi connectivity index (χ1n) is 6.19. The smallest absolute Gasteiger partial charge is 0.233 e. The van der Waals surface area contributed by atoms with Crippen LogP contribution in [0, 0.1) is 0 Å². The van der Waals surface area contributed by atoms with Gasteiger partial charge in [-0.2, -0.15) is 0 Å². The SMILES string of the molecule is CNCC(=O)NCCCS(=O)(=O)Cc1ccccc1.Cl. The zero-order chi connectivity index (χ0) is 14.1. The van der Waals surface area contributed by atoms with Crippen molar-refractivity contribution in [2.45, 2.75) is 12.2 Å². The van der Waals surface area contributed by atoms with Gasteiger partial charge in [-0.1, -0.05) is 30.3 Å². The van der Waals surface area contributed by atoms with Crippen molar-refractivity contribution in [2.24, 2.45) is 0 Å². The summed E-state index contributed by atoms with van der Waals surface area (Å²) in [4.78, 5) is 11.1. The van der Waals surface area contributed by atoms with E-state index in [1.807, 2.05) is 18.2 Å². The standard InChI is InChI=1S/C13H20N2O3S.ClH/c1-14-10-13(16)15-8-5-9-19(17,18)11-12-6-3-2-4-7-12;/h2-4,6-7,14H,5,8-11H2,1H3,(H,15,16);1H. The van der Waals surface area contributed by atoms with Crippen LogP contribution in [0.2, 0.25) is 0 Å². The molecule has 0 spiro atoms. The maximum atomic E-state index is 11.8. The van der Waals surface area contributed by atoms with Gasteiger partial charge in [0.25, 0.3) is 0 Å². The molecule has 20 heavy (non-hydrogen) atoms. The molecule has 0 saturated carbocycles. The zero-order valence-corrected chi connectivity index (χ0v) is 13.1. The van der Waals surface area contributed by atoms with Gasteiger partial charge in [-0.3, -0.25) is 4.79 Å². The molecule has 0 fully saturated rings. The minimum atomic E-state index is -3.11. The van der Waals surface area contributed by atoms with E-state index in [2.05, 4.69) is 10.6 Å². The Kier molecular flexibility index (Phi) is 9.20. The predicted octanol–water partition coefficient (Wildman–Crippen LogP) is 0.749. The lowest BCUT2D eigenvalue weighted by Gasteiger charge is -2.06. The normalized spacial score (nSPS) is 10.7. The lowest BCUT2D eigenvalue weighted by molar-refractivity contribution is -0.120. The Hall–Kier alpha value is -1.11. The van der Waals surface area contributed by atoms with Crippen LogP contribution in [0.3, 0.4) is 0 Å². The summed E-state index contributed by atoms with van der Waals surface area (Å²) in [5.74, 6) is 0.0167. The van der Waals surface area contributed by atoms with Crippen LogP contribution in [0.15, 0.2) is 30.3 Å². The summed E-state index contributed by atoms with van der Waals surface area (Å²) in [5.41, 5.74) is 0.793. The second-order valence-corrected chi connectivity index (χ2v) is 6.50. The van der Waals surface area contributed by atoms with Crippen molar-refractivity contribution in [3.8, 4) is 0 Å². The van der Waals surface area contributed by atoms with Crippen molar-refractivity contribution in [1.29, 1.82) is 0 Å². The lowest BCUT2D eigenvalue weighted by atomic mass is 10.2. The van der Waals surface area contributed by atoms with Crippen LogP contribution >= 0.6 is 12.4 Å². The molecule has 0 atom stereocenters. The fourth-order valence-corrected chi connectivity index (χ4v) is 3.07. The van der Waals surface area contributed by atoms with E-state index in [0.717, 1.165) is 5.56 Å². The summed E-state index contributed by atoms with van der Waals surface area (Å²) in [7, 11) is -1.43. The van der Waals surface area contributed by atoms with E-state index in [9.17, 15) is 13.2 Å². The van der Waals surface area contributed by atoms with Gasteiger partial charge in [-0.05, 0) is 19.0 Å². The quantitative estimate of drug-likeness (QED) is 0.693. The Bertz CT molecular complexity index is 492. The minimum absolute atomic E-state index is 0. The van der Waals surface area contributed by atoms with Gasteiger partial charge in [0.1, 0.15) is 0 Å². The molecule has 5 nitrogen and oxygen atoms in total. The molecule has 1 aromatic carbocycles. The second kappa shape index (κ2) is 9.74. The van der Waals surface area contributed by atoms with Crippen molar-refractivity contribution < 1.29 is 13.2 Å². The van der Waals surface area contributed by atoms with Gasteiger partial charge in [0, 0.05) is 6.54 Å². The highest BCUT2D eigenvalue weighted by molar-refractivity contribution is 7.90. The van der Waals surface area contributed by atoms with Crippen LogP contribution in [0.1, 0.15) is 12.0 Å². The number of likely N-dealkylation sites (N-methyl/N-ethyl adjacent to an activating group) is 1. The summed E-state index contributed by atoms with van der Waals surface area (Å²) in [6.45, 7) is 0.630. The number of rotatable bonds is 8. The van der Waals surface area contributed by atoms with Crippen molar-refractivity contribution in [1.82, 2.24) is 10.6 Å². The first-order chi connectivity index (χ1) is 9.03. The summed E-state index contributed by atoms with van der Waals surface area (Å²) in [5, 5.41) is 5.38. The fourth-order valence-electron chi connectivity index (χ4n) is 1.64. The number of hydrogen-bond acceptors (Lipinski definition) is 4. The number of hydrogen-bond donors (Lipinski definition) is 2. The third-order valence-corrected chi connectivity index (χ3v) is 4.20. The summed E-state index contributed by atoms with van der Waals surface area (Å²) in [6, 6.07) is 9.09. The average molecular weight is 321 g/mol. The predicted molar refractivity (Wildman–Crippen MR) is 82.7 cm³/mol. The van der Waals surface area contributed by atoms with Crippen LogP contribution < -0.4 is 10.6 Å². The van der Waals surface area contributed by atoms with E-state index in [-0.39, 0.29) is 36.4 Å². The number of sulfone groups is 1. The highest BCUT2D eigenvalue weighted by atomic mass is 35.5. The third kappa shape index (κ3) is 8.14. The highest BCUT2D eigenvalue weighted by Crippen LogP contribution is 2.06. The van der Waals surface area contributed by atoms with Gasteiger partial charge in [-0.15, -0.1) is 12.4 Å². The van der Waals surface area contributed by atoms with Gasteiger partial charge < -0.3 is 10.6 Å². The molecule has 0 saturated heterocycles. The Morgan fingerprint density at radius 3 is 2.45 bits per heavy atom. The second-order valence-electron chi connectivity index (χ2n) is 4.31. The molecular weight excluding hydrogens is 300 g/mol. The molecule has 0 radical (unpaired) electrons. The van der Waals surface area contributed by atoms with Gasteiger partial charge in [-0.25, -0.2) is 8.42 Å². The van der Waals surface area contributed by atoms with Crippen LogP contribution in [0.5, 0.6) is 0 Å². The van der Waals surface area contributed by atoms with Crippen LogP contribution in [-0.4, -0.2) is 40.2 Å². The molecule has 0 heterocycles. The topological polar surface area (TPSA) is 75.3 Å². The van der Waals surface area contributed by atoms with Crippen molar-refractivity contribution in [3.63, 3.8) is 0 Å². The van der Waals surface area contributed by atoms with E-state index >= 15 is 0 Å². The molecule has 0 aliphatic heterocycles. The van der Waals surface area contributed by atoms with Crippen LogP contribution in [0.25, 0.3) is 0 Å². The summed E-state index contributed by atoms with van der Waals surface area (Å²) in [6.07, 6.45) is 0.435. The lowest BCUT2D eigenvalue weighted by Crippen LogP contribution is -2.33. The van der Waals surface area contributed by atoms with E-state index in [4.69, 9.17) is 0 Å². The largest absolute Gasteiger partial charge is 0.355 e. The number of amides is 1. The van der Waals surface area contributed by atoms with Crippen molar-refractivity contribution in [2.75, 3.05) is 25.9 Å². The molecule has 114 valence electrons. The monoisotopic (exact) mass is 320 g/mol. The molecule has 1 rings (SSSR count). The van der Waals surface area contributed by atoms with Gasteiger partial charge >= 0.3 is 0 Å². The van der Waals surface area contributed by atoms with Crippen LogP contribution in [-0.2, 0) is 20.4 Å². The molecule has 7 heteroatoms. The molecule has 0 aromatic heterocycles. The highest BCUT2D eigenvalue weighted by Gasteiger charge is 2.11. The van der Waals surface area contributed by atoms with E-state index in [1.54, 1.807) is 19.2 Å². The first kappa shape index (κ1) is 18.9. The number of nitrogens with one attached hydrogen (secondary N) is 2. The molecule has 1 aromatic rings. The number of benzene rings is 1. The van der Waals surface area contributed by atoms with Gasteiger partial charge in [0.05, 0.1) is 18.1 Å². The number of carbonyl (C=O) groups excluding carboxylic acids is 1. The Morgan fingerprint density at radius 1 is 1.20 bits per heavy atom. The first-order valence-corrected chi connectivity index (χ1v) is 8.01. The number of carbonyl (C=O) groups is 1. The Balaban J connectivity index is 0.00000361. The van der Waals surface area contributed by atoms with Gasteiger partial charge in [0.2, 0.25) is 5.91 Å².